The average Bonchev–Trinajstić information content (AvgIpc) is 2.61. The molecule has 1 heterocycles. The second kappa shape index (κ2) is 4.20. The maximum atomic E-state index is 11.2. The van der Waals surface area contributed by atoms with Gasteiger partial charge in [-0.05, 0) is 5.56 Å². The van der Waals surface area contributed by atoms with E-state index in [1.165, 1.54) is 24.3 Å². The molecule has 0 N–H and O–H groups in total. The van der Waals surface area contributed by atoms with E-state index in [0.717, 1.165) is 4.90 Å². The van der Waals surface area contributed by atoms with Crippen molar-refractivity contribution in [2.45, 2.75) is 6.54 Å². The van der Waals surface area contributed by atoms with Gasteiger partial charge in [-0.25, -0.2) is 9.69 Å². The SMILES string of the molecule is O=C1COC(=O)N1Cc1ccc([N+](=O)[O-])cc1. The average molecular weight is 236 g/mol. The zero-order valence-electron chi connectivity index (χ0n) is 8.66. The number of non-ortho nitro benzene ring substituents is 1. The highest BCUT2D eigenvalue weighted by Gasteiger charge is 2.30. The van der Waals surface area contributed by atoms with E-state index in [1.807, 2.05) is 0 Å². The lowest BCUT2D eigenvalue weighted by Gasteiger charge is -2.10. The van der Waals surface area contributed by atoms with Gasteiger partial charge in [0.2, 0.25) is 0 Å². The highest BCUT2D eigenvalue weighted by Crippen LogP contribution is 2.15. The number of imide groups is 1. The molecule has 1 fully saturated rings. The van der Waals surface area contributed by atoms with Crippen LogP contribution in [0.25, 0.3) is 0 Å². The third-order valence-corrected chi connectivity index (χ3v) is 2.33. The van der Waals surface area contributed by atoms with Gasteiger partial charge in [0.05, 0.1) is 11.5 Å². The van der Waals surface area contributed by atoms with Gasteiger partial charge in [-0.15, -0.1) is 0 Å². The second-order valence-electron chi connectivity index (χ2n) is 3.46. The van der Waals surface area contributed by atoms with E-state index in [2.05, 4.69) is 4.74 Å². The summed E-state index contributed by atoms with van der Waals surface area (Å²) in [5, 5.41) is 10.4. The molecule has 1 aliphatic heterocycles. The lowest BCUT2D eigenvalue weighted by Crippen LogP contribution is -2.28. The van der Waals surface area contributed by atoms with Crippen molar-refractivity contribution in [3.63, 3.8) is 0 Å². The molecule has 0 radical (unpaired) electrons. The van der Waals surface area contributed by atoms with Crippen LogP contribution in [0.4, 0.5) is 10.5 Å². The molecule has 1 saturated heterocycles. The summed E-state index contributed by atoms with van der Waals surface area (Å²) in [6.45, 7) is -0.179. The van der Waals surface area contributed by atoms with Crippen molar-refractivity contribution in [1.82, 2.24) is 4.90 Å². The Balaban J connectivity index is 2.11. The Labute approximate surface area is 95.7 Å². The third kappa shape index (κ3) is 2.22. The quantitative estimate of drug-likeness (QED) is 0.578. The molecule has 88 valence electrons. The van der Waals surface area contributed by atoms with Crippen LogP contribution in [0, 0.1) is 10.1 Å². The Bertz CT molecular complexity index is 466. The van der Waals surface area contributed by atoms with E-state index >= 15 is 0 Å². The van der Waals surface area contributed by atoms with Crippen molar-refractivity contribution in [1.29, 1.82) is 0 Å². The number of ether oxygens (including phenoxy) is 1. The summed E-state index contributed by atoms with van der Waals surface area (Å²) in [5.74, 6) is -0.409. The van der Waals surface area contributed by atoms with E-state index in [9.17, 15) is 19.7 Å². The summed E-state index contributed by atoms with van der Waals surface area (Å²) in [5.41, 5.74) is 0.590. The van der Waals surface area contributed by atoms with Crippen LogP contribution in [-0.4, -0.2) is 28.4 Å². The fourth-order valence-corrected chi connectivity index (χ4v) is 1.44. The van der Waals surface area contributed by atoms with Crippen molar-refractivity contribution in [3.8, 4) is 0 Å². The van der Waals surface area contributed by atoms with Crippen molar-refractivity contribution in [2.24, 2.45) is 0 Å². The number of hydrogen-bond donors (Lipinski definition) is 0. The predicted molar refractivity (Wildman–Crippen MR) is 55.0 cm³/mol. The Hall–Kier alpha value is -2.44. The van der Waals surface area contributed by atoms with Crippen LogP contribution in [0.3, 0.4) is 0 Å². The summed E-state index contributed by atoms with van der Waals surface area (Å²) >= 11 is 0. The Morgan fingerprint density at radius 1 is 1.29 bits per heavy atom. The van der Waals surface area contributed by atoms with Crippen molar-refractivity contribution < 1.29 is 19.2 Å². The van der Waals surface area contributed by atoms with Gasteiger partial charge >= 0.3 is 6.09 Å². The molecule has 7 nitrogen and oxygen atoms in total. The fourth-order valence-electron chi connectivity index (χ4n) is 1.44. The Morgan fingerprint density at radius 3 is 2.41 bits per heavy atom. The summed E-state index contributed by atoms with van der Waals surface area (Å²) in [7, 11) is 0. The second-order valence-corrected chi connectivity index (χ2v) is 3.46. The first-order valence-corrected chi connectivity index (χ1v) is 4.78. The van der Waals surface area contributed by atoms with Gasteiger partial charge in [0, 0.05) is 12.1 Å². The molecule has 0 saturated carbocycles. The molecule has 1 aliphatic rings. The molecule has 0 aromatic heterocycles. The standard InChI is InChI=1S/C10H8N2O5/c13-9-6-17-10(14)11(9)5-7-1-3-8(4-2-7)12(15)16/h1-4H,5-6H2. The van der Waals surface area contributed by atoms with E-state index < -0.39 is 16.9 Å². The van der Waals surface area contributed by atoms with Gasteiger partial charge in [-0.3, -0.25) is 14.9 Å². The molecule has 0 unspecified atom stereocenters. The van der Waals surface area contributed by atoms with Gasteiger partial charge in [0.25, 0.3) is 11.6 Å². The summed E-state index contributed by atoms with van der Waals surface area (Å²) < 4.78 is 4.54. The van der Waals surface area contributed by atoms with Crippen LogP contribution in [-0.2, 0) is 16.1 Å². The molecular formula is C10H8N2O5. The fraction of sp³-hybridized carbons (Fsp3) is 0.200. The first-order valence-electron chi connectivity index (χ1n) is 4.78. The minimum absolute atomic E-state index is 0.0379. The highest BCUT2D eigenvalue weighted by atomic mass is 16.6. The maximum absolute atomic E-state index is 11.2. The molecule has 17 heavy (non-hydrogen) atoms. The number of nitro groups is 1. The van der Waals surface area contributed by atoms with Gasteiger partial charge in [-0.2, -0.15) is 0 Å². The molecule has 2 rings (SSSR count). The normalized spacial score (nSPS) is 14.9. The van der Waals surface area contributed by atoms with E-state index in [4.69, 9.17) is 0 Å². The first kappa shape index (κ1) is 11.1. The Kier molecular flexibility index (Phi) is 2.73. The summed E-state index contributed by atoms with van der Waals surface area (Å²) in [4.78, 5) is 33.2. The maximum Gasteiger partial charge on any atom is 0.417 e. The number of carbonyl (C=O) groups excluding carboxylic acids is 2. The molecule has 0 atom stereocenters. The van der Waals surface area contributed by atoms with Gasteiger partial charge < -0.3 is 4.74 Å². The summed E-state index contributed by atoms with van der Waals surface area (Å²) in [6, 6.07) is 5.64. The van der Waals surface area contributed by atoms with Gasteiger partial charge in [-0.1, -0.05) is 12.1 Å². The molecule has 1 aromatic rings. The van der Waals surface area contributed by atoms with Crippen LogP contribution in [0.1, 0.15) is 5.56 Å². The van der Waals surface area contributed by atoms with Gasteiger partial charge in [0.1, 0.15) is 0 Å². The minimum Gasteiger partial charge on any atom is -0.439 e. The number of amides is 2. The molecule has 0 spiro atoms. The molecule has 0 aliphatic carbocycles. The lowest BCUT2D eigenvalue weighted by molar-refractivity contribution is -0.384. The van der Waals surface area contributed by atoms with Crippen LogP contribution in [0.2, 0.25) is 0 Å². The minimum atomic E-state index is -0.687. The smallest absolute Gasteiger partial charge is 0.417 e. The van der Waals surface area contributed by atoms with Crippen LogP contribution in [0.5, 0.6) is 0 Å². The molecule has 1 aromatic carbocycles. The number of nitrogens with zero attached hydrogens (tertiary/aromatic N) is 2. The zero-order valence-corrected chi connectivity index (χ0v) is 8.66. The topological polar surface area (TPSA) is 89.8 Å². The number of nitro benzene ring substituents is 1. The predicted octanol–water partition coefficient (Wildman–Crippen LogP) is 1.07. The summed E-state index contributed by atoms with van der Waals surface area (Å²) in [6.07, 6.45) is -0.687. The molecule has 2 amide bonds. The van der Waals surface area contributed by atoms with E-state index in [1.54, 1.807) is 0 Å². The molecular weight excluding hydrogens is 228 g/mol. The number of hydrogen-bond acceptors (Lipinski definition) is 5. The van der Waals surface area contributed by atoms with Crippen LogP contribution < -0.4 is 0 Å². The molecule has 0 bridgehead atoms. The monoisotopic (exact) mass is 236 g/mol. The van der Waals surface area contributed by atoms with Crippen molar-refractivity contribution in [2.75, 3.05) is 6.61 Å². The van der Waals surface area contributed by atoms with Crippen LogP contribution in [0.15, 0.2) is 24.3 Å². The highest BCUT2D eigenvalue weighted by molar-refractivity contribution is 5.97. The zero-order chi connectivity index (χ0) is 12.4. The first-order chi connectivity index (χ1) is 8.08. The van der Waals surface area contributed by atoms with Crippen molar-refractivity contribution >= 4 is 17.7 Å². The number of carbonyl (C=O) groups is 2. The van der Waals surface area contributed by atoms with E-state index in [0.29, 0.717) is 5.56 Å². The molecule has 7 heteroatoms. The third-order valence-electron chi connectivity index (χ3n) is 2.33. The number of benzene rings is 1. The van der Waals surface area contributed by atoms with Crippen molar-refractivity contribution in [3.05, 3.63) is 39.9 Å². The Morgan fingerprint density at radius 2 is 1.94 bits per heavy atom. The van der Waals surface area contributed by atoms with Crippen LogP contribution >= 0.6 is 0 Å². The lowest BCUT2D eigenvalue weighted by atomic mass is 10.2. The van der Waals surface area contributed by atoms with E-state index in [-0.39, 0.29) is 18.8 Å². The number of cyclic esters (lactones) is 1. The van der Waals surface area contributed by atoms with Gasteiger partial charge in [0.15, 0.2) is 6.61 Å². The largest absolute Gasteiger partial charge is 0.439 e. The number of rotatable bonds is 3.